The van der Waals surface area contributed by atoms with E-state index in [1.54, 1.807) is 0 Å². The van der Waals surface area contributed by atoms with Crippen LogP contribution in [-0.2, 0) is 14.3 Å². The molecule has 0 fully saturated rings. The normalized spacial score (nSPS) is 13.3. The number of hydrogen-bond donors (Lipinski definition) is 0. The van der Waals surface area contributed by atoms with Crippen LogP contribution in [0.5, 0.6) is 0 Å². The molecule has 0 aliphatic carbocycles. The van der Waals surface area contributed by atoms with E-state index in [2.05, 4.69) is 4.18 Å². The van der Waals surface area contributed by atoms with Gasteiger partial charge in [-0.2, -0.15) is 8.42 Å². The first-order valence-corrected chi connectivity index (χ1v) is 9.94. The summed E-state index contributed by atoms with van der Waals surface area (Å²) in [5.74, 6) is -0.0928. The fraction of sp³-hybridized carbons (Fsp3) is 1.00. The molecular weight excluding hydrogens is 263 g/mol. The van der Waals surface area contributed by atoms with Crippen LogP contribution in [0.25, 0.3) is 0 Å². The van der Waals surface area contributed by atoms with Gasteiger partial charge in [-0.3, -0.25) is 4.18 Å². The molecule has 0 spiro atoms. The molecule has 74 valence electrons. The van der Waals surface area contributed by atoms with E-state index in [9.17, 15) is 8.42 Å². The van der Waals surface area contributed by atoms with Crippen molar-refractivity contribution in [3.63, 3.8) is 0 Å². The Morgan fingerprint density at radius 2 is 1.83 bits per heavy atom. The predicted octanol–water partition coefficient (Wildman–Crippen LogP) is 2.01. The zero-order valence-corrected chi connectivity index (χ0v) is 10.5. The third-order valence-electron chi connectivity index (χ3n) is 1.11. The summed E-state index contributed by atoms with van der Waals surface area (Å²) < 4.78 is 25.7. The molecule has 0 aromatic carbocycles. The number of hydrogen-bond acceptors (Lipinski definition) is 3. The van der Waals surface area contributed by atoms with Crippen LogP contribution in [0.3, 0.4) is 0 Å². The maximum atomic E-state index is 10.7. The molecule has 0 aromatic rings. The summed E-state index contributed by atoms with van der Waals surface area (Å²) in [6.45, 7) is 0. The lowest BCUT2D eigenvalue weighted by Gasteiger charge is -2.06. The lowest BCUT2D eigenvalue weighted by Crippen LogP contribution is -2.13. The lowest BCUT2D eigenvalue weighted by molar-refractivity contribution is 0.397. The van der Waals surface area contributed by atoms with Gasteiger partial charge in [-0.1, -0.05) is 0 Å². The van der Waals surface area contributed by atoms with Crippen LogP contribution in [0.2, 0.25) is 6.04 Å². The first-order valence-electron chi connectivity index (χ1n) is 3.12. The molecule has 0 N–H and O–H groups in total. The van der Waals surface area contributed by atoms with Crippen LogP contribution >= 0.6 is 33.2 Å². The van der Waals surface area contributed by atoms with Crippen molar-refractivity contribution < 1.29 is 12.6 Å². The molecule has 0 saturated heterocycles. The zero-order chi connectivity index (χ0) is 9.83. The molecule has 0 radical (unpaired) electrons. The highest BCUT2D eigenvalue weighted by Gasteiger charge is 2.25. The molecule has 0 aliphatic heterocycles. The standard InChI is InChI=1S/C4H9Cl3O3SSi/c1-10-11(8,9)3-2-4-12(5,6)7/h2-4H2,1H3. The van der Waals surface area contributed by atoms with Crippen molar-refractivity contribution in [3.05, 3.63) is 0 Å². The third kappa shape index (κ3) is 7.64. The minimum atomic E-state index is -3.40. The van der Waals surface area contributed by atoms with Gasteiger partial charge in [0, 0.05) is 0 Å². The highest BCUT2D eigenvalue weighted by Crippen LogP contribution is 2.26. The van der Waals surface area contributed by atoms with Crippen molar-refractivity contribution in [3.8, 4) is 0 Å². The van der Waals surface area contributed by atoms with E-state index < -0.39 is 16.1 Å². The van der Waals surface area contributed by atoms with Crippen molar-refractivity contribution in [1.82, 2.24) is 0 Å². The summed E-state index contributed by atoms with van der Waals surface area (Å²) in [6.07, 6.45) is 0.332. The smallest absolute Gasteiger partial charge is 0.273 e. The molecule has 0 aromatic heterocycles. The molecule has 0 unspecified atom stereocenters. The van der Waals surface area contributed by atoms with Gasteiger partial charge >= 0.3 is 6.00 Å². The lowest BCUT2D eigenvalue weighted by atomic mass is 10.6. The second-order valence-corrected chi connectivity index (χ2v) is 13.3. The van der Waals surface area contributed by atoms with Crippen LogP contribution in [-0.4, -0.2) is 27.3 Å². The first kappa shape index (κ1) is 13.0. The van der Waals surface area contributed by atoms with Crippen LogP contribution in [0.4, 0.5) is 0 Å². The zero-order valence-electron chi connectivity index (χ0n) is 6.39. The summed E-state index contributed by atoms with van der Waals surface area (Å²) in [4.78, 5) is 0. The number of halogens is 3. The molecule has 0 heterocycles. The average Bonchev–Trinajstić information content (AvgIpc) is 1.84. The molecule has 0 aliphatic rings. The molecule has 8 heteroatoms. The van der Waals surface area contributed by atoms with Gasteiger partial charge in [-0.15, -0.1) is 33.2 Å². The van der Waals surface area contributed by atoms with Crippen molar-refractivity contribution in [2.45, 2.75) is 12.5 Å². The Balaban J connectivity index is 3.73. The summed E-state index contributed by atoms with van der Waals surface area (Å²) in [7, 11) is -2.28. The Bertz CT molecular complexity index is 222. The SMILES string of the molecule is COS(=O)(=O)CCC[Si](Cl)(Cl)Cl. The molecule has 0 rings (SSSR count). The van der Waals surface area contributed by atoms with Crippen molar-refractivity contribution in [2.75, 3.05) is 12.9 Å². The Labute approximate surface area is 87.2 Å². The van der Waals surface area contributed by atoms with E-state index in [-0.39, 0.29) is 5.75 Å². The Morgan fingerprint density at radius 3 is 2.17 bits per heavy atom. The van der Waals surface area contributed by atoms with Crippen molar-refractivity contribution in [2.24, 2.45) is 0 Å². The van der Waals surface area contributed by atoms with Crippen LogP contribution in [0, 0.1) is 0 Å². The van der Waals surface area contributed by atoms with E-state index >= 15 is 0 Å². The molecular formula is C4H9Cl3O3SSi. The summed E-state index contributed by atoms with van der Waals surface area (Å²) >= 11 is 16.6. The van der Waals surface area contributed by atoms with Gasteiger partial charge in [0.2, 0.25) is 0 Å². The molecule has 0 amide bonds. The van der Waals surface area contributed by atoms with Crippen LogP contribution < -0.4 is 0 Å². The quantitative estimate of drug-likeness (QED) is 0.436. The largest absolute Gasteiger partial charge is 0.341 e. The molecule has 0 saturated carbocycles. The monoisotopic (exact) mass is 270 g/mol. The Hall–Kier alpha value is 0.997. The van der Waals surface area contributed by atoms with Gasteiger partial charge in [-0.25, -0.2) is 0 Å². The van der Waals surface area contributed by atoms with E-state index in [0.717, 1.165) is 7.11 Å². The fourth-order valence-corrected chi connectivity index (χ4v) is 3.23. The highest BCUT2D eigenvalue weighted by molar-refractivity contribution is 7.86. The minimum Gasteiger partial charge on any atom is -0.273 e. The van der Waals surface area contributed by atoms with Gasteiger partial charge in [-0.05, 0) is 12.5 Å². The summed E-state index contributed by atoms with van der Waals surface area (Å²) in [6, 6.07) is -2.34. The second-order valence-electron chi connectivity index (χ2n) is 2.15. The van der Waals surface area contributed by atoms with E-state index in [1.165, 1.54) is 0 Å². The summed E-state index contributed by atoms with van der Waals surface area (Å²) in [5.41, 5.74) is 0. The van der Waals surface area contributed by atoms with Gasteiger partial charge in [0.1, 0.15) is 0 Å². The van der Waals surface area contributed by atoms with E-state index in [1.807, 2.05) is 0 Å². The fourth-order valence-electron chi connectivity index (χ4n) is 0.533. The molecule has 0 atom stereocenters. The maximum absolute atomic E-state index is 10.7. The maximum Gasteiger partial charge on any atom is 0.341 e. The van der Waals surface area contributed by atoms with E-state index in [4.69, 9.17) is 33.2 Å². The second kappa shape index (κ2) is 5.02. The molecule has 0 bridgehead atoms. The highest BCUT2D eigenvalue weighted by atomic mass is 35.8. The molecule has 3 nitrogen and oxygen atoms in total. The van der Waals surface area contributed by atoms with Gasteiger partial charge < -0.3 is 0 Å². The Morgan fingerprint density at radius 1 is 1.33 bits per heavy atom. The molecule has 12 heavy (non-hydrogen) atoms. The summed E-state index contributed by atoms with van der Waals surface area (Å²) in [5, 5.41) is 0. The Kier molecular flexibility index (Phi) is 5.44. The van der Waals surface area contributed by atoms with Gasteiger partial charge in [0.25, 0.3) is 10.1 Å². The van der Waals surface area contributed by atoms with Crippen LogP contribution in [0.1, 0.15) is 6.42 Å². The van der Waals surface area contributed by atoms with Crippen molar-refractivity contribution in [1.29, 1.82) is 0 Å². The minimum absolute atomic E-state index is 0.0928. The topological polar surface area (TPSA) is 43.4 Å². The predicted molar refractivity (Wildman–Crippen MR) is 53.5 cm³/mol. The van der Waals surface area contributed by atoms with Crippen LogP contribution in [0.15, 0.2) is 0 Å². The van der Waals surface area contributed by atoms with Gasteiger partial charge in [0.15, 0.2) is 0 Å². The van der Waals surface area contributed by atoms with Crippen molar-refractivity contribution >= 4 is 49.4 Å². The third-order valence-corrected chi connectivity index (χ3v) is 5.03. The average molecular weight is 272 g/mol. The van der Waals surface area contributed by atoms with Gasteiger partial charge in [0.05, 0.1) is 12.9 Å². The first-order chi connectivity index (χ1) is 5.27. The number of rotatable bonds is 5. The van der Waals surface area contributed by atoms with E-state index in [0.29, 0.717) is 12.5 Å².